The summed E-state index contributed by atoms with van der Waals surface area (Å²) in [5.74, 6) is -0.208. The Morgan fingerprint density at radius 3 is 2.68 bits per heavy atom. The number of rotatable bonds is 4. The Kier molecular flexibility index (Phi) is 3.55. The molecule has 0 fully saturated rings. The normalized spacial score (nSPS) is 10.7. The molecule has 0 unspecified atom stereocenters. The highest BCUT2D eigenvalue weighted by Crippen LogP contribution is 2.22. The monoisotopic (exact) mass is 260 g/mol. The molecular weight excluding hydrogens is 244 g/mol. The average molecular weight is 260 g/mol. The number of nitrogens with zero attached hydrogens (tertiary/aromatic N) is 2. The Morgan fingerprint density at radius 2 is 2.11 bits per heavy atom. The summed E-state index contributed by atoms with van der Waals surface area (Å²) in [6, 6.07) is 6.95. The largest absolute Gasteiger partial charge is 0.491 e. The van der Waals surface area contributed by atoms with Crippen LogP contribution in [0.15, 0.2) is 30.5 Å². The molecule has 0 aliphatic heterocycles. The Hall–Kier alpha value is -2.30. The Bertz CT molecular complexity index is 602. The van der Waals surface area contributed by atoms with E-state index >= 15 is 0 Å². The number of hydrogen-bond acceptors (Lipinski definition) is 3. The number of hydrogen-bond donors (Lipinski definition) is 1. The second-order valence-electron chi connectivity index (χ2n) is 4.55. The molecule has 1 aromatic heterocycles. The smallest absolute Gasteiger partial charge is 0.354 e. The topological polar surface area (TPSA) is 64.4 Å². The summed E-state index contributed by atoms with van der Waals surface area (Å²) in [4.78, 5) is 11.1. The van der Waals surface area contributed by atoms with Gasteiger partial charge in [-0.2, -0.15) is 5.10 Å². The van der Waals surface area contributed by atoms with Gasteiger partial charge in [-0.15, -0.1) is 0 Å². The molecule has 0 aliphatic rings. The summed E-state index contributed by atoms with van der Waals surface area (Å²) in [6.07, 6.45) is 1.57. The zero-order chi connectivity index (χ0) is 14.0. The molecule has 0 spiro atoms. The molecule has 0 amide bonds. The molecular formula is C14H16N2O3. The van der Waals surface area contributed by atoms with Gasteiger partial charge < -0.3 is 9.84 Å². The average Bonchev–Trinajstić information content (AvgIpc) is 2.80. The number of carbonyl (C=O) groups is 1. The lowest BCUT2D eigenvalue weighted by Gasteiger charge is -2.13. The fraction of sp³-hybridized carbons (Fsp3) is 0.286. The second kappa shape index (κ2) is 5.14. The van der Waals surface area contributed by atoms with Gasteiger partial charge in [-0.25, -0.2) is 9.48 Å². The Balaban J connectivity index is 2.39. The highest BCUT2D eigenvalue weighted by molar-refractivity contribution is 5.86. The number of carboxylic acids is 1. The summed E-state index contributed by atoms with van der Waals surface area (Å²) in [6.45, 7) is 5.85. The SMILES string of the molecule is Cc1cc(-n2nccc2C(=O)O)ccc1OC(C)C. The number of aromatic nitrogens is 2. The van der Waals surface area contributed by atoms with E-state index in [-0.39, 0.29) is 11.8 Å². The third kappa shape index (κ3) is 2.76. The maximum atomic E-state index is 11.1. The molecule has 1 N–H and O–H groups in total. The molecule has 19 heavy (non-hydrogen) atoms. The van der Waals surface area contributed by atoms with Crippen molar-refractivity contribution in [2.75, 3.05) is 0 Å². The molecule has 5 nitrogen and oxygen atoms in total. The van der Waals surface area contributed by atoms with Crippen LogP contribution in [-0.4, -0.2) is 27.0 Å². The van der Waals surface area contributed by atoms with Crippen LogP contribution in [0.4, 0.5) is 0 Å². The van der Waals surface area contributed by atoms with E-state index in [1.54, 1.807) is 6.07 Å². The minimum atomic E-state index is -1.00. The van der Waals surface area contributed by atoms with E-state index in [1.807, 2.05) is 32.9 Å². The van der Waals surface area contributed by atoms with Gasteiger partial charge >= 0.3 is 5.97 Å². The van der Waals surface area contributed by atoms with Crippen LogP contribution in [-0.2, 0) is 0 Å². The number of carboxylic acid groups (broad SMARTS) is 1. The number of ether oxygens (including phenoxy) is 1. The summed E-state index contributed by atoms with van der Waals surface area (Å²) in [7, 11) is 0. The molecule has 1 aromatic carbocycles. The molecule has 0 saturated carbocycles. The highest BCUT2D eigenvalue weighted by Gasteiger charge is 2.12. The molecule has 0 radical (unpaired) electrons. The third-order valence-corrected chi connectivity index (χ3v) is 2.63. The molecule has 0 saturated heterocycles. The van der Waals surface area contributed by atoms with E-state index in [1.165, 1.54) is 16.9 Å². The van der Waals surface area contributed by atoms with Crippen LogP contribution in [0.5, 0.6) is 5.75 Å². The van der Waals surface area contributed by atoms with E-state index in [0.29, 0.717) is 5.69 Å². The van der Waals surface area contributed by atoms with Gasteiger partial charge in [0.05, 0.1) is 18.0 Å². The molecule has 2 rings (SSSR count). The fourth-order valence-electron chi connectivity index (χ4n) is 1.82. The maximum Gasteiger partial charge on any atom is 0.354 e. The van der Waals surface area contributed by atoms with E-state index in [2.05, 4.69) is 5.10 Å². The second-order valence-corrected chi connectivity index (χ2v) is 4.55. The van der Waals surface area contributed by atoms with Crippen molar-refractivity contribution >= 4 is 5.97 Å². The van der Waals surface area contributed by atoms with Gasteiger partial charge in [0.25, 0.3) is 0 Å². The maximum absolute atomic E-state index is 11.1. The van der Waals surface area contributed by atoms with Crippen molar-refractivity contribution in [1.29, 1.82) is 0 Å². The number of benzene rings is 1. The standard InChI is InChI=1S/C14H16N2O3/c1-9(2)19-13-5-4-11(8-10(13)3)16-12(14(17)18)6-7-15-16/h4-9H,1-3H3,(H,17,18). The first-order valence-electron chi connectivity index (χ1n) is 6.04. The van der Waals surface area contributed by atoms with Gasteiger partial charge in [-0.3, -0.25) is 0 Å². The van der Waals surface area contributed by atoms with Crippen molar-refractivity contribution in [3.05, 3.63) is 41.7 Å². The predicted molar refractivity (Wildman–Crippen MR) is 71.0 cm³/mol. The van der Waals surface area contributed by atoms with Crippen molar-refractivity contribution in [2.45, 2.75) is 26.9 Å². The molecule has 5 heteroatoms. The lowest BCUT2D eigenvalue weighted by molar-refractivity contribution is 0.0687. The summed E-state index contributed by atoms with van der Waals surface area (Å²) >= 11 is 0. The zero-order valence-electron chi connectivity index (χ0n) is 11.1. The molecule has 100 valence electrons. The lowest BCUT2D eigenvalue weighted by atomic mass is 10.2. The van der Waals surface area contributed by atoms with Gasteiger partial charge in [0.15, 0.2) is 5.69 Å². The van der Waals surface area contributed by atoms with E-state index in [0.717, 1.165) is 11.3 Å². The van der Waals surface area contributed by atoms with E-state index in [9.17, 15) is 4.79 Å². The third-order valence-electron chi connectivity index (χ3n) is 2.63. The summed E-state index contributed by atoms with van der Waals surface area (Å²) in [5.41, 5.74) is 1.78. The summed E-state index contributed by atoms with van der Waals surface area (Å²) in [5, 5.41) is 13.1. The van der Waals surface area contributed by atoms with Gasteiger partial charge in [0.1, 0.15) is 5.75 Å². The van der Waals surface area contributed by atoms with Crippen molar-refractivity contribution in [2.24, 2.45) is 0 Å². The lowest BCUT2D eigenvalue weighted by Crippen LogP contribution is -2.09. The first kappa shape index (κ1) is 13.1. The fourth-order valence-corrected chi connectivity index (χ4v) is 1.82. The Labute approximate surface area is 111 Å². The van der Waals surface area contributed by atoms with Crippen LogP contribution >= 0.6 is 0 Å². The number of aromatic carboxylic acids is 1. The van der Waals surface area contributed by atoms with Gasteiger partial charge in [-0.05, 0) is 50.6 Å². The Morgan fingerprint density at radius 1 is 1.37 bits per heavy atom. The van der Waals surface area contributed by atoms with Gasteiger partial charge in [0, 0.05) is 0 Å². The minimum Gasteiger partial charge on any atom is -0.491 e. The van der Waals surface area contributed by atoms with Crippen molar-refractivity contribution in [3.63, 3.8) is 0 Å². The van der Waals surface area contributed by atoms with Crippen LogP contribution in [0.3, 0.4) is 0 Å². The quantitative estimate of drug-likeness (QED) is 0.917. The van der Waals surface area contributed by atoms with Crippen molar-refractivity contribution < 1.29 is 14.6 Å². The van der Waals surface area contributed by atoms with Crippen LogP contribution < -0.4 is 4.74 Å². The summed E-state index contributed by atoms with van der Waals surface area (Å²) < 4.78 is 7.05. The van der Waals surface area contributed by atoms with Gasteiger partial charge in [-0.1, -0.05) is 0 Å². The highest BCUT2D eigenvalue weighted by atomic mass is 16.5. The predicted octanol–water partition coefficient (Wildman–Crippen LogP) is 2.67. The van der Waals surface area contributed by atoms with Crippen molar-refractivity contribution in [1.82, 2.24) is 9.78 Å². The first-order chi connectivity index (χ1) is 8.99. The molecule has 0 bridgehead atoms. The molecule has 0 atom stereocenters. The number of aryl methyl sites for hydroxylation is 1. The molecule has 0 aliphatic carbocycles. The first-order valence-corrected chi connectivity index (χ1v) is 6.04. The van der Waals surface area contributed by atoms with Crippen LogP contribution in [0.2, 0.25) is 0 Å². The zero-order valence-corrected chi connectivity index (χ0v) is 11.1. The van der Waals surface area contributed by atoms with Crippen LogP contribution in [0.1, 0.15) is 29.9 Å². The van der Waals surface area contributed by atoms with Crippen LogP contribution in [0, 0.1) is 6.92 Å². The molecule has 1 heterocycles. The van der Waals surface area contributed by atoms with E-state index in [4.69, 9.17) is 9.84 Å². The molecule has 2 aromatic rings. The van der Waals surface area contributed by atoms with Gasteiger partial charge in [0.2, 0.25) is 0 Å². The van der Waals surface area contributed by atoms with Crippen molar-refractivity contribution in [3.8, 4) is 11.4 Å². The minimum absolute atomic E-state index is 0.101. The van der Waals surface area contributed by atoms with Crippen LogP contribution in [0.25, 0.3) is 5.69 Å². The van der Waals surface area contributed by atoms with E-state index < -0.39 is 5.97 Å².